The van der Waals surface area contributed by atoms with Crippen LogP contribution in [-0.4, -0.2) is 15.9 Å². The number of hydrogen-bond donors (Lipinski definition) is 3. The number of rotatable bonds is 6. The van der Waals surface area contributed by atoms with Crippen molar-refractivity contribution in [1.82, 2.24) is 15.3 Å². The minimum atomic E-state index is -0.249. The molecule has 29 heavy (non-hydrogen) atoms. The number of nitrogens with one attached hydrogen (secondary N) is 3. The number of H-pyrrole nitrogens is 2. The highest BCUT2D eigenvalue weighted by Gasteiger charge is 2.13. The van der Waals surface area contributed by atoms with Gasteiger partial charge in [0.05, 0.1) is 17.1 Å². The van der Waals surface area contributed by atoms with Gasteiger partial charge in [-0.25, -0.2) is 4.79 Å². The van der Waals surface area contributed by atoms with Crippen molar-refractivity contribution >= 4 is 16.9 Å². The molecule has 1 atom stereocenters. The summed E-state index contributed by atoms with van der Waals surface area (Å²) in [5, 5.41) is 2.99. The van der Waals surface area contributed by atoms with Gasteiger partial charge in [-0.1, -0.05) is 42.5 Å². The van der Waals surface area contributed by atoms with Gasteiger partial charge in [0.2, 0.25) is 0 Å². The highest BCUT2D eigenvalue weighted by molar-refractivity contribution is 5.94. The average molecular weight is 387 g/mol. The maximum atomic E-state index is 12.7. The van der Waals surface area contributed by atoms with E-state index in [2.05, 4.69) is 15.3 Å². The minimum absolute atomic E-state index is 0.190. The number of carbonyl (C=O) groups is 1. The van der Waals surface area contributed by atoms with E-state index in [9.17, 15) is 9.59 Å². The first-order valence-corrected chi connectivity index (χ1v) is 9.38. The number of hydrogen-bond acceptors (Lipinski definition) is 3. The second-order valence-corrected chi connectivity index (χ2v) is 6.88. The van der Waals surface area contributed by atoms with Crippen LogP contribution in [0.2, 0.25) is 0 Å². The first-order chi connectivity index (χ1) is 14.1. The van der Waals surface area contributed by atoms with Crippen molar-refractivity contribution < 1.29 is 9.53 Å². The molecule has 0 saturated carbocycles. The summed E-state index contributed by atoms with van der Waals surface area (Å²) in [4.78, 5) is 29.5. The van der Waals surface area contributed by atoms with E-state index in [1.165, 1.54) is 0 Å². The molecular formula is C23H21N3O3. The van der Waals surface area contributed by atoms with E-state index < -0.39 is 0 Å². The fourth-order valence-electron chi connectivity index (χ4n) is 3.15. The summed E-state index contributed by atoms with van der Waals surface area (Å²) >= 11 is 0. The predicted octanol–water partition coefficient (Wildman–Crippen LogP) is 3.93. The van der Waals surface area contributed by atoms with Crippen LogP contribution in [0.5, 0.6) is 5.75 Å². The molecule has 1 amide bonds. The van der Waals surface area contributed by atoms with Gasteiger partial charge in [-0.2, -0.15) is 0 Å². The number of aromatic amines is 2. The van der Waals surface area contributed by atoms with Crippen LogP contribution in [-0.2, 0) is 6.61 Å². The van der Waals surface area contributed by atoms with Gasteiger partial charge in [0, 0.05) is 5.56 Å². The van der Waals surface area contributed by atoms with Crippen molar-refractivity contribution in [2.75, 3.05) is 0 Å². The highest BCUT2D eigenvalue weighted by Crippen LogP contribution is 2.19. The first kappa shape index (κ1) is 18.6. The van der Waals surface area contributed by atoms with Crippen molar-refractivity contribution in [2.24, 2.45) is 0 Å². The first-order valence-electron chi connectivity index (χ1n) is 9.38. The van der Waals surface area contributed by atoms with Gasteiger partial charge in [-0.3, -0.25) is 4.79 Å². The topological polar surface area (TPSA) is 87.0 Å². The summed E-state index contributed by atoms with van der Waals surface area (Å²) in [6.45, 7) is 2.34. The highest BCUT2D eigenvalue weighted by atomic mass is 16.5. The molecule has 1 aromatic heterocycles. The molecule has 6 heteroatoms. The average Bonchev–Trinajstić information content (AvgIpc) is 3.12. The van der Waals surface area contributed by atoms with Crippen LogP contribution < -0.4 is 15.7 Å². The third-order valence-corrected chi connectivity index (χ3v) is 4.73. The number of ether oxygens (including phenoxy) is 1. The Morgan fingerprint density at radius 1 is 0.966 bits per heavy atom. The van der Waals surface area contributed by atoms with Crippen molar-refractivity contribution in [3.63, 3.8) is 0 Å². The van der Waals surface area contributed by atoms with E-state index in [0.717, 1.165) is 16.6 Å². The molecule has 3 aromatic carbocycles. The standard InChI is InChI=1S/C23H21N3O3/c1-15(17-10-11-20-21(13-17)26-23(28)25-20)24-22(27)18-8-5-9-19(12-18)29-14-16-6-3-2-4-7-16/h2-13,15H,14H2,1H3,(H,24,27)(H2,25,26,28). The quantitative estimate of drug-likeness (QED) is 0.469. The zero-order chi connectivity index (χ0) is 20.2. The Morgan fingerprint density at radius 2 is 1.76 bits per heavy atom. The third kappa shape index (κ3) is 4.38. The molecule has 0 radical (unpaired) electrons. The zero-order valence-electron chi connectivity index (χ0n) is 15.9. The Labute approximate surface area is 167 Å². The SMILES string of the molecule is CC(NC(=O)c1cccc(OCc2ccccc2)c1)c1ccc2[nH]c(=O)[nH]c2c1. The van der Waals surface area contributed by atoms with Gasteiger partial charge in [0.15, 0.2) is 0 Å². The number of benzene rings is 3. The summed E-state index contributed by atoms with van der Waals surface area (Å²) in [5.41, 5.74) is 3.69. The predicted molar refractivity (Wildman–Crippen MR) is 112 cm³/mol. The third-order valence-electron chi connectivity index (χ3n) is 4.73. The molecule has 4 aromatic rings. The fourth-order valence-corrected chi connectivity index (χ4v) is 3.15. The van der Waals surface area contributed by atoms with Crippen molar-refractivity contribution in [2.45, 2.75) is 19.6 Å². The molecule has 0 aliphatic heterocycles. The lowest BCUT2D eigenvalue weighted by atomic mass is 10.1. The summed E-state index contributed by atoms with van der Waals surface area (Å²) < 4.78 is 5.81. The molecule has 0 aliphatic carbocycles. The molecular weight excluding hydrogens is 366 g/mol. The van der Waals surface area contributed by atoms with Crippen LogP contribution in [0.15, 0.2) is 77.6 Å². The van der Waals surface area contributed by atoms with Crippen molar-refractivity contribution in [1.29, 1.82) is 0 Å². The number of fused-ring (bicyclic) bond motifs is 1. The minimum Gasteiger partial charge on any atom is -0.489 e. The molecule has 4 rings (SSSR count). The summed E-state index contributed by atoms with van der Waals surface area (Å²) in [7, 11) is 0. The Kier molecular flexibility index (Phi) is 5.16. The van der Waals surface area contributed by atoms with Crippen LogP contribution in [0.4, 0.5) is 0 Å². The molecule has 6 nitrogen and oxygen atoms in total. The molecule has 0 spiro atoms. The molecule has 1 unspecified atom stereocenters. The Hall–Kier alpha value is -3.80. The largest absolute Gasteiger partial charge is 0.489 e. The smallest absolute Gasteiger partial charge is 0.323 e. The Balaban J connectivity index is 1.43. The molecule has 0 saturated heterocycles. The van der Waals surface area contributed by atoms with Crippen LogP contribution in [0.25, 0.3) is 11.0 Å². The molecule has 0 bridgehead atoms. The van der Waals surface area contributed by atoms with E-state index in [0.29, 0.717) is 23.4 Å². The van der Waals surface area contributed by atoms with Crippen LogP contribution >= 0.6 is 0 Å². The van der Waals surface area contributed by atoms with E-state index in [1.807, 2.05) is 61.5 Å². The van der Waals surface area contributed by atoms with E-state index in [1.54, 1.807) is 18.2 Å². The van der Waals surface area contributed by atoms with Gasteiger partial charge in [0.1, 0.15) is 12.4 Å². The normalized spacial score (nSPS) is 11.9. The number of aromatic nitrogens is 2. The fraction of sp³-hybridized carbons (Fsp3) is 0.130. The molecule has 0 fully saturated rings. The lowest BCUT2D eigenvalue weighted by Crippen LogP contribution is -2.26. The molecule has 0 aliphatic rings. The van der Waals surface area contributed by atoms with Crippen molar-refractivity contribution in [3.05, 3.63) is 100.0 Å². The Morgan fingerprint density at radius 3 is 2.59 bits per heavy atom. The van der Waals surface area contributed by atoms with Gasteiger partial charge in [0.25, 0.3) is 5.91 Å². The van der Waals surface area contributed by atoms with E-state index in [-0.39, 0.29) is 17.6 Å². The lowest BCUT2D eigenvalue weighted by Gasteiger charge is -2.15. The monoisotopic (exact) mass is 387 g/mol. The Bertz CT molecular complexity index is 1190. The van der Waals surface area contributed by atoms with Gasteiger partial charge in [-0.05, 0) is 48.4 Å². The molecule has 3 N–H and O–H groups in total. The van der Waals surface area contributed by atoms with Gasteiger partial charge < -0.3 is 20.0 Å². The summed E-state index contributed by atoms with van der Waals surface area (Å²) in [6, 6.07) is 22.3. The van der Waals surface area contributed by atoms with Gasteiger partial charge in [-0.15, -0.1) is 0 Å². The number of imidazole rings is 1. The van der Waals surface area contributed by atoms with Gasteiger partial charge >= 0.3 is 5.69 Å². The van der Waals surface area contributed by atoms with Crippen LogP contribution in [0, 0.1) is 0 Å². The zero-order valence-corrected chi connectivity index (χ0v) is 15.9. The molecule has 1 heterocycles. The number of amides is 1. The summed E-state index contributed by atoms with van der Waals surface area (Å²) in [5.74, 6) is 0.450. The van der Waals surface area contributed by atoms with E-state index in [4.69, 9.17) is 4.74 Å². The lowest BCUT2D eigenvalue weighted by molar-refractivity contribution is 0.0939. The van der Waals surface area contributed by atoms with Crippen molar-refractivity contribution in [3.8, 4) is 5.75 Å². The van der Waals surface area contributed by atoms with Crippen LogP contribution in [0.1, 0.15) is 34.5 Å². The summed E-state index contributed by atoms with van der Waals surface area (Å²) in [6.07, 6.45) is 0. The van der Waals surface area contributed by atoms with Crippen LogP contribution in [0.3, 0.4) is 0 Å². The molecule has 146 valence electrons. The second-order valence-electron chi connectivity index (χ2n) is 6.88. The van der Waals surface area contributed by atoms with E-state index >= 15 is 0 Å². The number of carbonyl (C=O) groups excluding carboxylic acids is 1. The maximum Gasteiger partial charge on any atom is 0.323 e. The maximum absolute atomic E-state index is 12.7. The second kappa shape index (κ2) is 8.06.